The molecule has 6 rings (SSSR count). The van der Waals surface area contributed by atoms with Crippen molar-refractivity contribution in [1.29, 1.82) is 0 Å². The van der Waals surface area contributed by atoms with Gasteiger partial charge in [0.25, 0.3) is 0 Å². The van der Waals surface area contributed by atoms with Gasteiger partial charge in [0.2, 0.25) is 5.78 Å². The maximum atomic E-state index is 13.4. The number of aryl methyl sites for hydroxylation is 2. The lowest BCUT2D eigenvalue weighted by Gasteiger charge is -2.43. The van der Waals surface area contributed by atoms with Gasteiger partial charge in [-0.3, -0.25) is 14.2 Å². The Morgan fingerprint density at radius 1 is 1.08 bits per heavy atom. The molecule has 0 bridgehead atoms. The van der Waals surface area contributed by atoms with E-state index in [1.165, 1.54) is 0 Å². The first kappa shape index (κ1) is 24.4. The fourth-order valence-electron chi connectivity index (χ4n) is 5.55. The Kier molecular flexibility index (Phi) is 5.51. The number of hydrogen-bond acceptors (Lipinski definition) is 7. The van der Waals surface area contributed by atoms with Crippen LogP contribution in [0.5, 0.6) is 0 Å². The van der Waals surface area contributed by atoms with Gasteiger partial charge < -0.3 is 15.0 Å². The topological polar surface area (TPSA) is 108 Å². The number of ether oxygens (including phenoxy) is 1. The van der Waals surface area contributed by atoms with Crippen LogP contribution in [0.4, 0.5) is 26.8 Å². The minimum Gasteiger partial charge on any atom is -0.444 e. The third kappa shape index (κ3) is 4.29. The van der Waals surface area contributed by atoms with Crippen molar-refractivity contribution in [1.82, 2.24) is 24.3 Å². The molecule has 11 nitrogen and oxygen atoms in total. The summed E-state index contributed by atoms with van der Waals surface area (Å²) in [6, 6.07) is 1.80. The third-order valence-corrected chi connectivity index (χ3v) is 7.53. The molecule has 0 unspecified atom stereocenters. The Morgan fingerprint density at radius 2 is 1.87 bits per heavy atom. The summed E-state index contributed by atoms with van der Waals surface area (Å²) in [5.74, 6) is 1.29. The van der Waals surface area contributed by atoms with Crippen LogP contribution in [0, 0.1) is 13.8 Å². The number of carbonyl (C=O) groups is 2. The molecular weight excluding hydrogens is 484 g/mol. The molecule has 3 aromatic heterocycles. The predicted molar refractivity (Wildman–Crippen MR) is 144 cm³/mol. The Balaban J connectivity index is 1.20. The van der Waals surface area contributed by atoms with Crippen LogP contribution in [0.1, 0.15) is 50.6 Å². The van der Waals surface area contributed by atoms with Crippen molar-refractivity contribution < 1.29 is 14.3 Å². The minimum absolute atomic E-state index is 0.179. The molecule has 3 amide bonds. The van der Waals surface area contributed by atoms with E-state index < -0.39 is 5.60 Å². The quantitative estimate of drug-likeness (QED) is 0.548. The monoisotopic (exact) mass is 518 g/mol. The Morgan fingerprint density at radius 3 is 2.61 bits per heavy atom. The number of aromatic nitrogens is 4. The molecule has 0 aromatic carbocycles. The number of hydrogen-bond donors (Lipinski definition) is 1. The Hall–Kier alpha value is -3.89. The molecule has 0 radical (unpaired) electrons. The summed E-state index contributed by atoms with van der Waals surface area (Å²) < 4.78 is 7.50. The number of carbonyl (C=O) groups excluding carboxylic acids is 2. The van der Waals surface area contributed by atoms with Crippen LogP contribution < -0.4 is 15.1 Å². The standard InChI is InChI=1S/C27H34N8O3/c1-17-14-33-15-20(18(2)30-23(33)29-17)31-24(36)34-11-7-19-21(6-10-28-22(19)34)32-12-13-35(27(16-32)8-9-27)25(37)38-26(3,4)5/h6,10,14-15H,7-9,11-13,16H2,1-5H3,(H,31,36). The molecule has 38 heavy (non-hydrogen) atoms. The molecule has 1 saturated heterocycles. The number of fused-ring (bicyclic) bond motifs is 2. The highest BCUT2D eigenvalue weighted by Crippen LogP contribution is 2.47. The number of pyridine rings is 1. The van der Waals surface area contributed by atoms with Crippen LogP contribution in [0.2, 0.25) is 0 Å². The maximum absolute atomic E-state index is 13.4. The van der Waals surface area contributed by atoms with Gasteiger partial charge in [0.15, 0.2) is 0 Å². The summed E-state index contributed by atoms with van der Waals surface area (Å²) in [6.45, 7) is 12.1. The van der Waals surface area contributed by atoms with Gasteiger partial charge in [-0.05, 0) is 59.9 Å². The number of rotatable bonds is 2. The molecule has 5 heterocycles. The van der Waals surface area contributed by atoms with Crippen LogP contribution in [-0.4, -0.2) is 73.7 Å². The normalized spacial score (nSPS) is 18.2. The SMILES string of the molecule is Cc1cn2cc(NC(=O)N3CCc4c(N5CCN(C(=O)OC(C)(C)C)C6(CC6)C5)ccnc43)c(C)nc2n1. The number of piperazine rings is 1. The number of imidazole rings is 1. The van der Waals surface area contributed by atoms with Crippen molar-refractivity contribution in [3.8, 4) is 0 Å². The molecule has 1 aliphatic carbocycles. The van der Waals surface area contributed by atoms with Crippen molar-refractivity contribution in [2.75, 3.05) is 41.3 Å². The second-order valence-electron chi connectivity index (χ2n) is 11.6. The highest BCUT2D eigenvalue weighted by Gasteiger charge is 2.54. The molecule has 2 fully saturated rings. The highest BCUT2D eigenvalue weighted by molar-refractivity contribution is 6.03. The van der Waals surface area contributed by atoms with E-state index in [9.17, 15) is 9.59 Å². The van der Waals surface area contributed by atoms with Crippen LogP contribution in [-0.2, 0) is 11.2 Å². The van der Waals surface area contributed by atoms with E-state index in [2.05, 4.69) is 25.2 Å². The van der Waals surface area contributed by atoms with Crippen LogP contribution in [0.15, 0.2) is 24.7 Å². The first-order valence-electron chi connectivity index (χ1n) is 13.2. The first-order valence-corrected chi connectivity index (χ1v) is 13.2. The van der Waals surface area contributed by atoms with E-state index >= 15 is 0 Å². The number of amides is 3. The van der Waals surface area contributed by atoms with Crippen molar-refractivity contribution in [3.63, 3.8) is 0 Å². The van der Waals surface area contributed by atoms with Crippen molar-refractivity contribution >= 4 is 35.1 Å². The third-order valence-electron chi connectivity index (χ3n) is 7.53. The van der Waals surface area contributed by atoms with E-state index in [1.54, 1.807) is 11.1 Å². The average Bonchev–Trinajstić information content (AvgIpc) is 3.29. The zero-order valence-electron chi connectivity index (χ0n) is 22.6. The van der Waals surface area contributed by atoms with Gasteiger partial charge in [-0.1, -0.05) is 0 Å². The van der Waals surface area contributed by atoms with Crippen molar-refractivity contribution in [3.05, 3.63) is 41.6 Å². The fourth-order valence-corrected chi connectivity index (χ4v) is 5.55. The van der Waals surface area contributed by atoms with Gasteiger partial charge in [-0.2, -0.15) is 0 Å². The lowest BCUT2D eigenvalue weighted by Crippen LogP contribution is -2.58. The van der Waals surface area contributed by atoms with Gasteiger partial charge in [-0.15, -0.1) is 0 Å². The number of urea groups is 1. The average molecular weight is 519 g/mol. The molecule has 11 heteroatoms. The van der Waals surface area contributed by atoms with Gasteiger partial charge in [0, 0.05) is 56.0 Å². The molecule has 1 saturated carbocycles. The summed E-state index contributed by atoms with van der Waals surface area (Å²) in [5, 5.41) is 3.02. The second kappa shape index (κ2) is 8.57. The summed E-state index contributed by atoms with van der Waals surface area (Å²) in [6.07, 6.45) is 7.93. The summed E-state index contributed by atoms with van der Waals surface area (Å²) >= 11 is 0. The summed E-state index contributed by atoms with van der Waals surface area (Å²) in [7, 11) is 0. The van der Waals surface area contributed by atoms with Crippen LogP contribution >= 0.6 is 0 Å². The maximum Gasteiger partial charge on any atom is 0.410 e. The minimum atomic E-state index is -0.516. The van der Waals surface area contributed by atoms with Gasteiger partial charge >= 0.3 is 12.1 Å². The van der Waals surface area contributed by atoms with Crippen molar-refractivity contribution in [2.24, 2.45) is 0 Å². The number of nitrogens with one attached hydrogen (secondary N) is 1. The number of nitrogens with zero attached hydrogens (tertiary/aromatic N) is 7. The molecule has 1 N–H and O–H groups in total. The molecule has 1 spiro atoms. The number of anilines is 3. The lowest BCUT2D eigenvalue weighted by molar-refractivity contribution is 0.0106. The van der Waals surface area contributed by atoms with E-state index in [0.29, 0.717) is 42.6 Å². The van der Waals surface area contributed by atoms with Gasteiger partial charge in [-0.25, -0.2) is 24.5 Å². The molecule has 200 valence electrons. The Bertz CT molecular complexity index is 1440. The lowest BCUT2D eigenvalue weighted by atomic mass is 10.1. The van der Waals surface area contributed by atoms with E-state index in [1.807, 2.05) is 62.4 Å². The predicted octanol–water partition coefficient (Wildman–Crippen LogP) is 3.93. The molecule has 0 atom stereocenters. The first-order chi connectivity index (χ1) is 18.0. The summed E-state index contributed by atoms with van der Waals surface area (Å²) in [4.78, 5) is 45.7. The molecule has 3 aliphatic rings. The Labute approximate surface area is 221 Å². The zero-order valence-corrected chi connectivity index (χ0v) is 22.6. The van der Waals surface area contributed by atoms with E-state index in [-0.39, 0.29) is 17.7 Å². The molecular formula is C27H34N8O3. The summed E-state index contributed by atoms with van der Waals surface area (Å²) in [5.41, 5.74) is 3.67. The van der Waals surface area contributed by atoms with Gasteiger partial charge in [0.05, 0.1) is 22.6 Å². The van der Waals surface area contributed by atoms with Crippen molar-refractivity contribution in [2.45, 2.75) is 65.0 Å². The van der Waals surface area contributed by atoms with E-state index in [0.717, 1.165) is 42.8 Å². The fraction of sp³-hybridized carbons (Fsp3) is 0.519. The zero-order chi connectivity index (χ0) is 26.8. The van der Waals surface area contributed by atoms with Crippen LogP contribution in [0.3, 0.4) is 0 Å². The largest absolute Gasteiger partial charge is 0.444 e. The van der Waals surface area contributed by atoms with Gasteiger partial charge in [0.1, 0.15) is 11.4 Å². The molecule has 2 aliphatic heterocycles. The van der Waals surface area contributed by atoms with E-state index in [4.69, 9.17) is 4.74 Å². The smallest absolute Gasteiger partial charge is 0.410 e. The highest BCUT2D eigenvalue weighted by atomic mass is 16.6. The molecule has 3 aromatic rings. The van der Waals surface area contributed by atoms with Crippen LogP contribution in [0.25, 0.3) is 5.78 Å². The second-order valence-corrected chi connectivity index (χ2v) is 11.6.